The number of carboxylic acid groups (broad SMARTS) is 1. The van der Waals surface area contributed by atoms with E-state index in [-0.39, 0.29) is 0 Å². The van der Waals surface area contributed by atoms with Crippen LogP contribution in [-0.2, 0) is 4.79 Å². The summed E-state index contributed by atoms with van der Waals surface area (Å²) in [6.07, 6.45) is -3.26. The topological polar surface area (TPSA) is 148 Å². The van der Waals surface area contributed by atoms with Crippen LogP contribution in [0.2, 0.25) is 5.15 Å². The number of carboxylic acids is 1. The number of benzene rings is 1. The lowest BCUT2D eigenvalue weighted by Gasteiger charge is -2.37. The largest absolute Gasteiger partial charge is 0.490 e. The lowest BCUT2D eigenvalue weighted by molar-refractivity contribution is -0.192. The number of aliphatic carboxylic acids is 1. The Kier molecular flexibility index (Phi) is 7.73. The second-order valence-electron chi connectivity index (χ2n) is 8.80. The van der Waals surface area contributed by atoms with Crippen molar-refractivity contribution in [3.05, 3.63) is 65.1 Å². The van der Waals surface area contributed by atoms with Crippen LogP contribution in [0.4, 0.5) is 19.0 Å². The van der Waals surface area contributed by atoms with E-state index in [0.717, 1.165) is 22.4 Å². The maximum atomic E-state index is 10.6. The van der Waals surface area contributed by atoms with Gasteiger partial charge in [0.15, 0.2) is 5.65 Å². The van der Waals surface area contributed by atoms with Gasteiger partial charge in [-0.25, -0.2) is 19.3 Å². The number of nitrogens with zero attached hydrogens (tertiary/aromatic N) is 5. The monoisotopic (exact) mass is 559 g/mol. The van der Waals surface area contributed by atoms with Gasteiger partial charge < -0.3 is 20.8 Å². The average Bonchev–Trinajstić information content (AvgIpc) is 3.24. The number of alkyl halides is 3. The highest BCUT2D eigenvalue weighted by Gasteiger charge is 2.38. The molecular formula is C25H21ClF3N7O3. The summed E-state index contributed by atoms with van der Waals surface area (Å²) in [7, 11) is 0. The summed E-state index contributed by atoms with van der Waals surface area (Å²) in [5.74, 6) is -2.12. The highest BCUT2D eigenvalue weighted by molar-refractivity contribution is 6.29. The minimum absolute atomic E-state index is 0.380. The summed E-state index contributed by atoms with van der Waals surface area (Å²) in [6.45, 7) is 3.37. The van der Waals surface area contributed by atoms with Crippen LogP contribution in [0.25, 0.3) is 28.0 Å². The van der Waals surface area contributed by atoms with Gasteiger partial charge in [-0.2, -0.15) is 23.5 Å². The molecule has 5 rings (SSSR count). The Morgan fingerprint density at radius 1 is 1.23 bits per heavy atom. The number of aliphatic hydroxyl groups is 1. The standard InChI is InChI=1S/C23H20ClN7O.C2HF3O2/c1-14-7-17(9-18(24)28-14)20-21(16-4-2-3-15(8-16)10-25)30-31-6-5-19(29-22(20)31)27-13-23(32)11-26-12-23;3-2(4,5)1(6)7/h2-9,26,32H,11-13H2,1H3,(H,27,29);(H,6,7). The molecule has 0 amide bonds. The normalized spacial score (nSPS) is 14.1. The molecule has 0 bridgehead atoms. The second kappa shape index (κ2) is 10.9. The average molecular weight is 560 g/mol. The van der Waals surface area contributed by atoms with Gasteiger partial charge in [-0.15, -0.1) is 0 Å². The molecule has 3 aromatic heterocycles. The highest BCUT2D eigenvalue weighted by atomic mass is 35.5. The third-order valence-corrected chi connectivity index (χ3v) is 5.90. The number of anilines is 1. The van der Waals surface area contributed by atoms with Gasteiger partial charge in [-0.1, -0.05) is 23.7 Å². The number of pyridine rings is 1. The first-order chi connectivity index (χ1) is 18.4. The predicted octanol–water partition coefficient (Wildman–Crippen LogP) is 3.67. The third-order valence-electron chi connectivity index (χ3n) is 5.71. The van der Waals surface area contributed by atoms with Crippen LogP contribution in [0.3, 0.4) is 0 Å². The number of halogens is 4. The highest BCUT2D eigenvalue weighted by Crippen LogP contribution is 2.36. The van der Waals surface area contributed by atoms with Gasteiger partial charge >= 0.3 is 12.1 Å². The number of nitrogens with one attached hydrogen (secondary N) is 2. The lowest BCUT2D eigenvalue weighted by Crippen LogP contribution is -2.63. The Morgan fingerprint density at radius 3 is 2.54 bits per heavy atom. The van der Waals surface area contributed by atoms with Crippen LogP contribution < -0.4 is 10.6 Å². The number of aromatic nitrogens is 4. The first-order valence-corrected chi connectivity index (χ1v) is 11.8. The molecule has 39 heavy (non-hydrogen) atoms. The van der Waals surface area contributed by atoms with Gasteiger partial charge in [-0.3, -0.25) is 0 Å². The molecule has 4 N–H and O–H groups in total. The van der Waals surface area contributed by atoms with Crippen molar-refractivity contribution in [1.82, 2.24) is 24.9 Å². The smallest absolute Gasteiger partial charge is 0.475 e. The van der Waals surface area contributed by atoms with Gasteiger partial charge in [-0.05, 0) is 42.8 Å². The number of fused-ring (bicyclic) bond motifs is 1. The van der Waals surface area contributed by atoms with E-state index in [0.29, 0.717) is 47.5 Å². The molecule has 0 spiro atoms. The van der Waals surface area contributed by atoms with Gasteiger partial charge in [0.05, 0.1) is 17.2 Å². The Labute approximate surface area is 224 Å². The molecule has 1 aliphatic rings. The SMILES string of the molecule is Cc1cc(-c2c(-c3cccc(C#N)c3)nn3ccc(NCC4(O)CNC4)nc23)cc(Cl)n1.O=C(O)C(F)(F)F. The zero-order valence-electron chi connectivity index (χ0n) is 20.3. The molecule has 1 aliphatic heterocycles. The quantitative estimate of drug-likeness (QED) is 0.269. The fourth-order valence-electron chi connectivity index (χ4n) is 3.80. The van der Waals surface area contributed by atoms with E-state index in [1.165, 1.54) is 0 Å². The molecule has 4 heterocycles. The molecule has 4 aromatic rings. The molecule has 0 saturated carbocycles. The maximum Gasteiger partial charge on any atom is 0.490 e. The van der Waals surface area contributed by atoms with E-state index in [1.807, 2.05) is 37.4 Å². The molecule has 0 atom stereocenters. The molecule has 1 fully saturated rings. The molecular weight excluding hydrogens is 539 g/mol. The van der Waals surface area contributed by atoms with Crippen LogP contribution in [0, 0.1) is 18.3 Å². The Bertz CT molecular complexity index is 1560. The van der Waals surface area contributed by atoms with Crippen molar-refractivity contribution in [2.45, 2.75) is 18.7 Å². The predicted molar refractivity (Wildman–Crippen MR) is 136 cm³/mol. The molecule has 10 nitrogen and oxygen atoms in total. The third kappa shape index (κ3) is 6.43. The molecule has 0 aliphatic carbocycles. The van der Waals surface area contributed by atoms with Crippen molar-refractivity contribution in [2.24, 2.45) is 0 Å². The molecule has 1 saturated heterocycles. The summed E-state index contributed by atoms with van der Waals surface area (Å²) >= 11 is 6.27. The minimum atomic E-state index is -5.08. The van der Waals surface area contributed by atoms with E-state index in [4.69, 9.17) is 31.6 Å². The Morgan fingerprint density at radius 2 is 1.95 bits per heavy atom. The Hall–Kier alpha value is -4.25. The number of hydrogen-bond acceptors (Lipinski definition) is 8. The number of carbonyl (C=O) groups is 1. The molecule has 14 heteroatoms. The number of rotatable bonds is 5. The van der Waals surface area contributed by atoms with E-state index in [9.17, 15) is 23.5 Å². The van der Waals surface area contributed by atoms with Gasteiger partial charge in [0.1, 0.15) is 22.3 Å². The van der Waals surface area contributed by atoms with Crippen molar-refractivity contribution < 1.29 is 28.2 Å². The molecule has 0 radical (unpaired) electrons. The van der Waals surface area contributed by atoms with Crippen LogP contribution >= 0.6 is 11.6 Å². The minimum Gasteiger partial charge on any atom is -0.475 e. The van der Waals surface area contributed by atoms with Gasteiger partial charge in [0.25, 0.3) is 0 Å². The molecule has 202 valence electrons. The summed E-state index contributed by atoms with van der Waals surface area (Å²) in [5.41, 5.74) is 4.31. The van der Waals surface area contributed by atoms with E-state index in [2.05, 4.69) is 21.7 Å². The molecule has 0 unspecified atom stereocenters. The zero-order valence-corrected chi connectivity index (χ0v) is 21.0. The number of aryl methyl sites for hydroxylation is 1. The summed E-state index contributed by atoms with van der Waals surface area (Å²) < 4.78 is 33.4. The fraction of sp³-hybridized carbons (Fsp3) is 0.240. The maximum absolute atomic E-state index is 10.6. The van der Waals surface area contributed by atoms with E-state index < -0.39 is 17.7 Å². The van der Waals surface area contributed by atoms with Crippen molar-refractivity contribution in [2.75, 3.05) is 25.0 Å². The fourth-order valence-corrected chi connectivity index (χ4v) is 4.05. The number of nitriles is 1. The number of hydrogen-bond donors (Lipinski definition) is 4. The van der Waals surface area contributed by atoms with Gasteiger partial charge in [0.2, 0.25) is 0 Å². The van der Waals surface area contributed by atoms with Crippen LogP contribution in [0.15, 0.2) is 48.7 Å². The zero-order chi connectivity index (χ0) is 28.4. The van der Waals surface area contributed by atoms with Gasteiger partial charge in [0, 0.05) is 37.1 Å². The van der Waals surface area contributed by atoms with E-state index in [1.54, 1.807) is 22.7 Å². The summed E-state index contributed by atoms with van der Waals surface area (Å²) in [5, 5.41) is 38.3. The first-order valence-electron chi connectivity index (χ1n) is 11.4. The molecule has 1 aromatic carbocycles. The summed E-state index contributed by atoms with van der Waals surface area (Å²) in [6, 6.07) is 15.0. The first kappa shape index (κ1) is 27.8. The summed E-state index contributed by atoms with van der Waals surface area (Å²) in [4.78, 5) is 18.0. The Balaban J connectivity index is 0.000000448. The van der Waals surface area contributed by atoms with E-state index >= 15 is 0 Å². The van der Waals surface area contributed by atoms with Crippen LogP contribution in [-0.4, -0.2) is 67.2 Å². The van der Waals surface area contributed by atoms with Crippen molar-refractivity contribution in [3.8, 4) is 28.5 Å². The lowest BCUT2D eigenvalue weighted by atomic mass is 9.97. The number of β-amino-alcohol motifs (C(OH)–C–C–N with tert-alkyl or cyclic N) is 1. The van der Waals surface area contributed by atoms with Crippen molar-refractivity contribution >= 4 is 29.0 Å². The van der Waals surface area contributed by atoms with Crippen LogP contribution in [0.5, 0.6) is 0 Å². The van der Waals surface area contributed by atoms with Crippen LogP contribution in [0.1, 0.15) is 11.3 Å². The second-order valence-corrected chi connectivity index (χ2v) is 9.19. The van der Waals surface area contributed by atoms with Crippen molar-refractivity contribution in [3.63, 3.8) is 0 Å². The van der Waals surface area contributed by atoms with Crippen molar-refractivity contribution in [1.29, 1.82) is 5.26 Å².